The van der Waals surface area contributed by atoms with E-state index < -0.39 is 18.1 Å². The lowest BCUT2D eigenvalue weighted by molar-refractivity contribution is -0.141. The molecule has 1 unspecified atom stereocenters. The SMILES string of the molecule is C=CCOc1c(C)c2c(c3c1CC1[C@H]4N[C@H](Cc5cc(C)c(OC)c(O)c54)[C@H](C#N)N1[C@H]3COC(=O)/C=C/c1ccccc1)OCO2. The van der Waals surface area contributed by atoms with Crippen LogP contribution in [0.25, 0.3) is 6.08 Å². The summed E-state index contributed by atoms with van der Waals surface area (Å²) in [4.78, 5) is 15.3. The number of aromatic hydroxyl groups is 1. The first-order valence-corrected chi connectivity index (χ1v) is 15.8. The van der Waals surface area contributed by atoms with E-state index >= 15 is 0 Å². The largest absolute Gasteiger partial charge is 0.504 e. The van der Waals surface area contributed by atoms with Gasteiger partial charge in [-0.3, -0.25) is 4.90 Å². The fraction of sp³-hybridized carbons (Fsp3) is 0.351. The van der Waals surface area contributed by atoms with E-state index in [4.69, 9.17) is 23.7 Å². The number of phenols is 1. The lowest BCUT2D eigenvalue weighted by Crippen LogP contribution is -2.68. The van der Waals surface area contributed by atoms with Gasteiger partial charge in [-0.05, 0) is 49.5 Å². The summed E-state index contributed by atoms with van der Waals surface area (Å²) in [6, 6.07) is 12.1. The Hall–Kier alpha value is -4.98. The van der Waals surface area contributed by atoms with Gasteiger partial charge < -0.3 is 34.1 Å². The Morgan fingerprint density at radius 2 is 1.96 bits per heavy atom. The van der Waals surface area contributed by atoms with Crippen LogP contribution in [0.4, 0.5) is 0 Å². The zero-order valence-electron chi connectivity index (χ0n) is 26.6. The van der Waals surface area contributed by atoms with Crippen LogP contribution in [0.3, 0.4) is 0 Å². The van der Waals surface area contributed by atoms with Crippen LogP contribution in [-0.2, 0) is 22.4 Å². The third-order valence-corrected chi connectivity index (χ3v) is 9.70. The highest BCUT2D eigenvalue weighted by Gasteiger charge is 2.54. The quantitative estimate of drug-likeness (QED) is 0.199. The molecule has 7 rings (SSSR count). The number of esters is 1. The van der Waals surface area contributed by atoms with E-state index in [1.807, 2.05) is 44.2 Å². The van der Waals surface area contributed by atoms with Crippen molar-refractivity contribution in [2.45, 2.75) is 56.9 Å². The Labute approximate surface area is 273 Å². The van der Waals surface area contributed by atoms with E-state index in [1.165, 1.54) is 6.08 Å². The number of rotatable bonds is 8. The summed E-state index contributed by atoms with van der Waals surface area (Å²) in [5.41, 5.74) is 5.92. The number of aryl methyl sites for hydroxylation is 1. The number of methoxy groups -OCH3 is 1. The number of phenolic OH excluding ortho intramolecular Hbond substituents is 1. The van der Waals surface area contributed by atoms with Gasteiger partial charge in [0, 0.05) is 40.4 Å². The smallest absolute Gasteiger partial charge is 0.330 e. The summed E-state index contributed by atoms with van der Waals surface area (Å²) >= 11 is 0. The van der Waals surface area contributed by atoms with Gasteiger partial charge in [0.25, 0.3) is 0 Å². The molecule has 0 aromatic heterocycles. The molecule has 10 nitrogen and oxygen atoms in total. The second-order valence-corrected chi connectivity index (χ2v) is 12.3. The van der Waals surface area contributed by atoms with Crippen LogP contribution >= 0.6 is 0 Å². The number of nitrogens with one attached hydrogen (secondary N) is 1. The van der Waals surface area contributed by atoms with Gasteiger partial charge in [-0.25, -0.2) is 4.79 Å². The van der Waals surface area contributed by atoms with Crippen molar-refractivity contribution in [3.05, 3.63) is 94.1 Å². The van der Waals surface area contributed by atoms with Gasteiger partial charge in [-0.1, -0.05) is 49.1 Å². The standard InChI is InChI=1S/C37H37N3O7/c1-5-13-44-35-21(3)36-37(47-19-46-36)31-24(35)16-26-32-30-23(14-20(2)34(43-4)33(30)42)15-25(39-32)27(17-38)40(26)28(31)18-45-29(41)12-11-22-9-7-6-8-10-22/h5-12,14,25-28,32,39,42H,1,13,15-16,18-19H2,2-4H3/b12-11+/t25-,26?,27+,28+,32-/m1/s1. The molecule has 0 aliphatic carbocycles. The fourth-order valence-electron chi connectivity index (χ4n) is 7.85. The number of nitrogens with zero attached hydrogens (tertiary/aromatic N) is 2. The van der Waals surface area contributed by atoms with Crippen LogP contribution in [0.1, 0.15) is 51.0 Å². The second kappa shape index (κ2) is 12.3. The average Bonchev–Trinajstić information content (AvgIpc) is 3.57. The summed E-state index contributed by atoms with van der Waals surface area (Å²) < 4.78 is 29.9. The Morgan fingerprint density at radius 1 is 1.17 bits per heavy atom. The molecule has 0 amide bonds. The fourth-order valence-corrected chi connectivity index (χ4v) is 7.85. The molecule has 4 aliphatic heterocycles. The first-order chi connectivity index (χ1) is 22.9. The maximum atomic E-state index is 13.1. The van der Waals surface area contributed by atoms with Crippen molar-refractivity contribution in [3.8, 4) is 34.8 Å². The molecule has 242 valence electrons. The van der Waals surface area contributed by atoms with E-state index in [2.05, 4.69) is 28.9 Å². The van der Waals surface area contributed by atoms with Gasteiger partial charge in [0.2, 0.25) is 6.79 Å². The van der Waals surface area contributed by atoms with Gasteiger partial charge in [0.15, 0.2) is 23.0 Å². The molecular weight excluding hydrogens is 598 g/mol. The van der Waals surface area contributed by atoms with Crippen molar-refractivity contribution in [1.82, 2.24) is 10.2 Å². The molecule has 1 fully saturated rings. The van der Waals surface area contributed by atoms with Crippen LogP contribution in [0, 0.1) is 25.2 Å². The highest BCUT2D eigenvalue weighted by atomic mass is 16.7. The van der Waals surface area contributed by atoms with Crippen LogP contribution in [0.2, 0.25) is 0 Å². The Balaban J connectivity index is 1.36. The lowest BCUT2D eigenvalue weighted by Gasteiger charge is -2.56. The highest BCUT2D eigenvalue weighted by Crippen LogP contribution is 2.56. The molecule has 1 saturated heterocycles. The minimum atomic E-state index is -0.581. The summed E-state index contributed by atoms with van der Waals surface area (Å²) in [5, 5.41) is 26.0. The van der Waals surface area contributed by atoms with Crippen molar-refractivity contribution in [1.29, 1.82) is 5.26 Å². The number of piperazine rings is 1. The molecule has 3 aromatic carbocycles. The van der Waals surface area contributed by atoms with Crippen molar-refractivity contribution < 1.29 is 33.6 Å². The van der Waals surface area contributed by atoms with E-state index in [0.717, 1.165) is 38.9 Å². The molecular formula is C37H37N3O7. The third kappa shape index (κ3) is 5.07. The number of carbonyl (C=O) groups is 1. The van der Waals surface area contributed by atoms with Crippen molar-refractivity contribution in [2.24, 2.45) is 0 Å². The maximum absolute atomic E-state index is 13.1. The Bertz CT molecular complexity index is 1820. The van der Waals surface area contributed by atoms with Gasteiger partial charge in [0.1, 0.15) is 25.0 Å². The molecule has 10 heteroatoms. The minimum absolute atomic E-state index is 0.0398. The monoisotopic (exact) mass is 635 g/mol. The Morgan fingerprint density at radius 3 is 2.70 bits per heavy atom. The van der Waals surface area contributed by atoms with Crippen LogP contribution in [-0.4, -0.2) is 61.2 Å². The van der Waals surface area contributed by atoms with E-state index in [0.29, 0.717) is 35.8 Å². The molecule has 0 spiro atoms. The van der Waals surface area contributed by atoms with Crippen molar-refractivity contribution >= 4 is 12.0 Å². The second-order valence-electron chi connectivity index (χ2n) is 12.3. The molecule has 4 aliphatic rings. The van der Waals surface area contributed by atoms with Crippen LogP contribution in [0.15, 0.2) is 55.1 Å². The summed E-state index contributed by atoms with van der Waals surface area (Å²) in [6.45, 7) is 7.95. The predicted molar refractivity (Wildman–Crippen MR) is 174 cm³/mol. The number of hydrogen-bond donors (Lipinski definition) is 2. The molecule has 47 heavy (non-hydrogen) atoms. The summed E-state index contributed by atoms with van der Waals surface area (Å²) in [7, 11) is 1.55. The number of fused-ring (bicyclic) bond motifs is 9. The number of carbonyl (C=O) groups excluding carboxylic acids is 1. The van der Waals surface area contributed by atoms with Gasteiger partial charge in [-0.15, -0.1) is 0 Å². The zero-order valence-corrected chi connectivity index (χ0v) is 26.6. The highest BCUT2D eigenvalue weighted by molar-refractivity contribution is 5.87. The Kier molecular flexibility index (Phi) is 8.04. The predicted octanol–water partition coefficient (Wildman–Crippen LogP) is 5.00. The minimum Gasteiger partial charge on any atom is -0.504 e. The van der Waals surface area contributed by atoms with Crippen molar-refractivity contribution in [2.75, 3.05) is 27.1 Å². The molecule has 2 bridgehead atoms. The van der Waals surface area contributed by atoms with E-state index in [9.17, 15) is 15.2 Å². The van der Waals surface area contributed by atoms with E-state index in [1.54, 1.807) is 19.3 Å². The average molecular weight is 636 g/mol. The molecule has 5 atom stereocenters. The number of nitriles is 1. The first kappa shape index (κ1) is 30.7. The van der Waals surface area contributed by atoms with Gasteiger partial charge >= 0.3 is 5.97 Å². The number of hydrogen-bond acceptors (Lipinski definition) is 10. The molecule has 2 N–H and O–H groups in total. The topological polar surface area (TPSA) is 123 Å². The van der Waals surface area contributed by atoms with E-state index in [-0.39, 0.29) is 43.9 Å². The zero-order chi connectivity index (χ0) is 32.8. The lowest BCUT2D eigenvalue weighted by atomic mass is 9.72. The van der Waals surface area contributed by atoms with Crippen LogP contribution < -0.4 is 24.3 Å². The number of ether oxygens (including phenoxy) is 5. The molecule has 0 radical (unpaired) electrons. The summed E-state index contributed by atoms with van der Waals surface area (Å²) in [5.74, 6) is 1.82. The molecule has 4 heterocycles. The van der Waals surface area contributed by atoms with Gasteiger partial charge in [0.05, 0.1) is 25.3 Å². The number of benzene rings is 3. The van der Waals surface area contributed by atoms with Crippen molar-refractivity contribution in [3.63, 3.8) is 0 Å². The summed E-state index contributed by atoms with van der Waals surface area (Å²) in [6.07, 6.45) is 5.80. The maximum Gasteiger partial charge on any atom is 0.330 e. The normalized spacial score (nSPS) is 23.7. The van der Waals surface area contributed by atoms with Gasteiger partial charge in [-0.2, -0.15) is 5.26 Å². The molecule has 3 aromatic rings. The van der Waals surface area contributed by atoms with Crippen LogP contribution in [0.5, 0.6) is 28.7 Å². The molecule has 0 saturated carbocycles. The first-order valence-electron chi connectivity index (χ1n) is 15.8. The third-order valence-electron chi connectivity index (χ3n) is 9.70.